The topological polar surface area (TPSA) is 35.0 Å². The first-order chi connectivity index (χ1) is 7.75. The van der Waals surface area contributed by atoms with Crippen molar-refractivity contribution in [3.8, 4) is 6.01 Å². The van der Waals surface area contributed by atoms with E-state index in [0.29, 0.717) is 5.56 Å². The average Bonchev–Trinajstić information content (AvgIpc) is 2.30. The molecule has 3 nitrogen and oxygen atoms in total. The van der Waals surface area contributed by atoms with Crippen molar-refractivity contribution in [2.75, 3.05) is 0 Å². The average molecular weight is 283 g/mol. The van der Waals surface area contributed by atoms with Gasteiger partial charge in [0.25, 0.3) is 0 Å². The van der Waals surface area contributed by atoms with Crippen molar-refractivity contribution in [3.05, 3.63) is 52.5 Å². The van der Waals surface area contributed by atoms with Crippen molar-refractivity contribution < 1.29 is 9.13 Å². The fraction of sp³-hybridized carbons (Fsp3) is 0.0909. The van der Waals surface area contributed by atoms with Crippen LogP contribution in [0.2, 0.25) is 0 Å². The van der Waals surface area contributed by atoms with E-state index < -0.39 is 0 Å². The molecule has 0 aliphatic rings. The van der Waals surface area contributed by atoms with Crippen molar-refractivity contribution in [3.63, 3.8) is 0 Å². The molecule has 0 spiro atoms. The van der Waals surface area contributed by atoms with Crippen molar-refractivity contribution >= 4 is 15.9 Å². The van der Waals surface area contributed by atoms with Crippen molar-refractivity contribution in [1.29, 1.82) is 0 Å². The highest BCUT2D eigenvalue weighted by Crippen LogP contribution is 2.11. The van der Waals surface area contributed by atoms with Gasteiger partial charge in [0, 0.05) is 18.0 Å². The molecule has 1 aromatic carbocycles. The maximum atomic E-state index is 13.2. The Balaban J connectivity index is 2.02. The van der Waals surface area contributed by atoms with E-state index in [0.717, 1.165) is 4.47 Å². The molecular weight excluding hydrogens is 275 g/mol. The summed E-state index contributed by atoms with van der Waals surface area (Å²) >= 11 is 3.21. The number of rotatable bonds is 3. The molecule has 0 fully saturated rings. The van der Waals surface area contributed by atoms with Crippen LogP contribution in [0.25, 0.3) is 0 Å². The molecule has 0 aliphatic carbocycles. The Morgan fingerprint density at radius 3 is 2.56 bits per heavy atom. The van der Waals surface area contributed by atoms with Gasteiger partial charge in [0.05, 0.1) is 4.47 Å². The molecule has 0 N–H and O–H groups in total. The van der Waals surface area contributed by atoms with E-state index in [1.54, 1.807) is 30.6 Å². The van der Waals surface area contributed by atoms with Crippen molar-refractivity contribution in [1.82, 2.24) is 9.97 Å². The largest absolute Gasteiger partial charge is 0.458 e. The number of nitrogens with zero attached hydrogens (tertiary/aromatic N) is 2. The molecule has 0 saturated carbocycles. The van der Waals surface area contributed by atoms with Gasteiger partial charge in [0.2, 0.25) is 0 Å². The Bertz CT molecular complexity index is 476. The normalized spacial score (nSPS) is 10.1. The quantitative estimate of drug-likeness (QED) is 0.868. The second-order valence-corrected chi connectivity index (χ2v) is 3.98. The number of halogens is 2. The van der Waals surface area contributed by atoms with Gasteiger partial charge in [-0.2, -0.15) is 0 Å². The Hall–Kier alpha value is -1.49. The van der Waals surface area contributed by atoms with Gasteiger partial charge in [-0.3, -0.25) is 0 Å². The van der Waals surface area contributed by atoms with Gasteiger partial charge in [-0.05, 0) is 22.0 Å². The van der Waals surface area contributed by atoms with Gasteiger partial charge in [-0.25, -0.2) is 14.4 Å². The third-order valence-corrected chi connectivity index (χ3v) is 2.32. The monoisotopic (exact) mass is 282 g/mol. The summed E-state index contributed by atoms with van der Waals surface area (Å²) in [5.41, 5.74) is 0.481. The number of ether oxygens (including phenoxy) is 1. The first-order valence-electron chi connectivity index (χ1n) is 4.59. The molecule has 2 rings (SSSR count). The first kappa shape index (κ1) is 11.0. The minimum Gasteiger partial charge on any atom is -0.458 e. The fourth-order valence-electron chi connectivity index (χ4n) is 1.13. The lowest BCUT2D eigenvalue weighted by Gasteiger charge is -2.04. The predicted octanol–water partition coefficient (Wildman–Crippen LogP) is 2.96. The van der Waals surface area contributed by atoms with Crippen LogP contribution >= 0.6 is 15.9 Å². The van der Waals surface area contributed by atoms with Crippen molar-refractivity contribution in [2.24, 2.45) is 0 Å². The van der Waals surface area contributed by atoms with E-state index in [9.17, 15) is 4.39 Å². The zero-order chi connectivity index (χ0) is 11.4. The first-order valence-corrected chi connectivity index (χ1v) is 5.39. The third-order valence-electron chi connectivity index (χ3n) is 1.91. The SMILES string of the molecule is Fc1ccccc1COc1ncc(Br)cn1. The van der Waals surface area contributed by atoms with Crippen LogP contribution in [0.3, 0.4) is 0 Å². The lowest BCUT2D eigenvalue weighted by atomic mass is 10.2. The summed E-state index contributed by atoms with van der Waals surface area (Å²) in [6, 6.07) is 6.67. The second-order valence-electron chi connectivity index (χ2n) is 3.06. The summed E-state index contributed by atoms with van der Waals surface area (Å²) in [6.45, 7) is 0.119. The van der Waals surface area contributed by atoms with Crippen LogP contribution in [0, 0.1) is 5.82 Å². The van der Waals surface area contributed by atoms with E-state index in [-0.39, 0.29) is 18.4 Å². The molecule has 0 amide bonds. The minimum absolute atomic E-state index is 0.119. The van der Waals surface area contributed by atoms with Crippen LogP contribution in [0.1, 0.15) is 5.56 Å². The maximum absolute atomic E-state index is 13.2. The van der Waals surface area contributed by atoms with Gasteiger partial charge in [-0.1, -0.05) is 18.2 Å². The highest BCUT2D eigenvalue weighted by atomic mass is 79.9. The van der Waals surface area contributed by atoms with Gasteiger partial charge in [0.15, 0.2) is 0 Å². The van der Waals surface area contributed by atoms with Crippen molar-refractivity contribution in [2.45, 2.75) is 6.61 Å². The molecule has 2 aromatic rings. The lowest BCUT2D eigenvalue weighted by Crippen LogP contribution is -2.00. The maximum Gasteiger partial charge on any atom is 0.316 e. The molecule has 16 heavy (non-hydrogen) atoms. The highest BCUT2D eigenvalue weighted by Gasteiger charge is 2.02. The molecule has 0 bridgehead atoms. The second kappa shape index (κ2) is 5.03. The zero-order valence-electron chi connectivity index (χ0n) is 8.23. The Morgan fingerprint density at radius 1 is 1.19 bits per heavy atom. The van der Waals surface area contributed by atoms with E-state index in [2.05, 4.69) is 25.9 Å². The highest BCUT2D eigenvalue weighted by molar-refractivity contribution is 9.10. The van der Waals surface area contributed by atoms with E-state index >= 15 is 0 Å². The molecule has 1 aromatic heterocycles. The summed E-state index contributed by atoms with van der Waals surface area (Å²) in [4.78, 5) is 7.84. The Labute approximate surface area is 100 Å². The van der Waals surface area contributed by atoms with Gasteiger partial charge in [-0.15, -0.1) is 0 Å². The van der Waals surface area contributed by atoms with E-state index in [4.69, 9.17) is 4.74 Å². The zero-order valence-corrected chi connectivity index (χ0v) is 9.82. The summed E-state index contributed by atoms with van der Waals surface area (Å²) in [5, 5.41) is 0. The van der Waals surface area contributed by atoms with Crippen LogP contribution in [0.5, 0.6) is 6.01 Å². The number of hydrogen-bond donors (Lipinski definition) is 0. The number of benzene rings is 1. The molecule has 0 radical (unpaired) electrons. The summed E-state index contributed by atoms with van der Waals surface area (Å²) < 4.78 is 19.2. The number of hydrogen-bond acceptors (Lipinski definition) is 3. The van der Waals surface area contributed by atoms with Gasteiger partial charge in [0.1, 0.15) is 12.4 Å². The molecule has 5 heteroatoms. The van der Waals surface area contributed by atoms with Gasteiger partial charge < -0.3 is 4.74 Å². The van der Waals surface area contributed by atoms with Crippen LogP contribution in [0.4, 0.5) is 4.39 Å². The Morgan fingerprint density at radius 2 is 1.88 bits per heavy atom. The summed E-state index contributed by atoms with van der Waals surface area (Å²) in [6.07, 6.45) is 3.15. The standard InChI is InChI=1S/C11H8BrFN2O/c12-9-5-14-11(15-6-9)16-7-8-3-1-2-4-10(8)13/h1-6H,7H2. The van der Waals surface area contributed by atoms with Crippen LogP contribution in [0.15, 0.2) is 41.1 Å². The predicted molar refractivity (Wildman–Crippen MR) is 60.5 cm³/mol. The number of aromatic nitrogens is 2. The molecular formula is C11H8BrFN2O. The van der Waals surface area contributed by atoms with Crippen LogP contribution in [-0.2, 0) is 6.61 Å². The van der Waals surface area contributed by atoms with Crippen LogP contribution < -0.4 is 4.74 Å². The molecule has 82 valence electrons. The fourth-order valence-corrected chi connectivity index (χ4v) is 1.34. The minimum atomic E-state index is -0.292. The van der Waals surface area contributed by atoms with Gasteiger partial charge >= 0.3 is 6.01 Å². The summed E-state index contributed by atoms with van der Waals surface area (Å²) in [5.74, 6) is -0.292. The van der Waals surface area contributed by atoms with Crippen LogP contribution in [-0.4, -0.2) is 9.97 Å². The molecule has 0 saturated heterocycles. The van der Waals surface area contributed by atoms with E-state index in [1.165, 1.54) is 6.07 Å². The smallest absolute Gasteiger partial charge is 0.316 e. The Kier molecular flexibility index (Phi) is 3.46. The third kappa shape index (κ3) is 2.76. The summed E-state index contributed by atoms with van der Waals surface area (Å²) in [7, 11) is 0. The molecule has 0 unspecified atom stereocenters. The molecule has 0 atom stereocenters. The lowest BCUT2D eigenvalue weighted by molar-refractivity contribution is 0.275. The molecule has 0 aliphatic heterocycles. The van der Waals surface area contributed by atoms with E-state index in [1.807, 2.05) is 0 Å². The molecule has 1 heterocycles.